The standard InChI is InChI=1S/C14H13N3O2S2/c1-15-12-4-2-3-5-14(12)21(18,19)17-10-6-7-11-13(8-10)20-9-16-11/h2-9,15,17H,1H3. The molecule has 0 aliphatic heterocycles. The average molecular weight is 319 g/mol. The minimum Gasteiger partial charge on any atom is -0.387 e. The maximum Gasteiger partial charge on any atom is 0.263 e. The van der Waals surface area contributed by atoms with Crippen LogP contribution in [0.1, 0.15) is 0 Å². The van der Waals surface area contributed by atoms with Crippen molar-refractivity contribution in [3.8, 4) is 0 Å². The minimum absolute atomic E-state index is 0.219. The Kier molecular flexibility index (Phi) is 3.52. The number of aromatic nitrogens is 1. The fourth-order valence-electron chi connectivity index (χ4n) is 2.04. The van der Waals surface area contributed by atoms with Crippen LogP contribution < -0.4 is 10.0 Å². The first kappa shape index (κ1) is 13.8. The van der Waals surface area contributed by atoms with Crippen molar-refractivity contribution in [3.05, 3.63) is 48.0 Å². The van der Waals surface area contributed by atoms with Crippen molar-refractivity contribution >= 4 is 43.0 Å². The lowest BCUT2D eigenvalue weighted by Gasteiger charge is -2.11. The van der Waals surface area contributed by atoms with Gasteiger partial charge in [0.05, 0.1) is 27.1 Å². The van der Waals surface area contributed by atoms with E-state index in [1.165, 1.54) is 11.3 Å². The number of fused-ring (bicyclic) bond motifs is 1. The lowest BCUT2D eigenvalue weighted by Crippen LogP contribution is -2.14. The molecule has 0 unspecified atom stereocenters. The van der Waals surface area contributed by atoms with Crippen molar-refractivity contribution in [1.82, 2.24) is 4.98 Å². The van der Waals surface area contributed by atoms with Gasteiger partial charge in [-0.3, -0.25) is 4.72 Å². The number of para-hydroxylation sites is 1. The SMILES string of the molecule is CNc1ccccc1S(=O)(=O)Nc1ccc2ncsc2c1. The molecular weight excluding hydrogens is 306 g/mol. The van der Waals surface area contributed by atoms with E-state index >= 15 is 0 Å². The molecule has 0 atom stereocenters. The smallest absolute Gasteiger partial charge is 0.263 e. The van der Waals surface area contributed by atoms with Crippen molar-refractivity contribution < 1.29 is 8.42 Å². The van der Waals surface area contributed by atoms with Gasteiger partial charge in [0.1, 0.15) is 4.90 Å². The molecule has 1 heterocycles. The summed E-state index contributed by atoms with van der Waals surface area (Å²) in [5.74, 6) is 0. The van der Waals surface area contributed by atoms with Crippen LogP contribution in [0.2, 0.25) is 0 Å². The highest BCUT2D eigenvalue weighted by molar-refractivity contribution is 7.92. The number of thiazole rings is 1. The van der Waals surface area contributed by atoms with Crippen molar-refractivity contribution in [2.75, 3.05) is 17.1 Å². The second kappa shape index (κ2) is 5.34. The number of nitrogens with one attached hydrogen (secondary N) is 2. The van der Waals surface area contributed by atoms with Crippen molar-refractivity contribution in [3.63, 3.8) is 0 Å². The van der Waals surface area contributed by atoms with Gasteiger partial charge in [0.25, 0.3) is 10.0 Å². The third-order valence-electron chi connectivity index (χ3n) is 3.03. The highest BCUT2D eigenvalue weighted by Gasteiger charge is 2.18. The Hall–Kier alpha value is -2.12. The van der Waals surface area contributed by atoms with Gasteiger partial charge >= 0.3 is 0 Å². The van der Waals surface area contributed by atoms with E-state index in [0.29, 0.717) is 11.4 Å². The zero-order valence-corrected chi connectivity index (χ0v) is 12.8. The molecule has 2 aromatic carbocycles. The van der Waals surface area contributed by atoms with Crippen LogP contribution in [0.15, 0.2) is 52.9 Å². The van der Waals surface area contributed by atoms with E-state index in [1.807, 2.05) is 0 Å². The first-order valence-electron chi connectivity index (χ1n) is 6.23. The van der Waals surface area contributed by atoms with Gasteiger partial charge in [-0.05, 0) is 30.3 Å². The summed E-state index contributed by atoms with van der Waals surface area (Å²) in [7, 11) is -1.94. The van der Waals surface area contributed by atoms with Gasteiger partial charge in [0, 0.05) is 7.05 Å². The molecule has 0 radical (unpaired) electrons. The fraction of sp³-hybridized carbons (Fsp3) is 0.0714. The molecule has 3 aromatic rings. The number of hydrogen-bond donors (Lipinski definition) is 2. The molecule has 0 spiro atoms. The Balaban J connectivity index is 1.98. The molecule has 7 heteroatoms. The van der Waals surface area contributed by atoms with Crippen LogP contribution in [0.25, 0.3) is 10.2 Å². The molecule has 0 bridgehead atoms. The van der Waals surface area contributed by atoms with E-state index in [2.05, 4.69) is 15.0 Å². The van der Waals surface area contributed by atoms with E-state index in [1.54, 1.807) is 55.0 Å². The van der Waals surface area contributed by atoms with Crippen LogP contribution >= 0.6 is 11.3 Å². The van der Waals surface area contributed by atoms with Crippen molar-refractivity contribution in [2.24, 2.45) is 0 Å². The second-order valence-corrected chi connectivity index (χ2v) is 6.92. The molecule has 0 saturated carbocycles. The zero-order valence-electron chi connectivity index (χ0n) is 11.2. The monoisotopic (exact) mass is 319 g/mol. The van der Waals surface area contributed by atoms with Gasteiger partial charge in [-0.25, -0.2) is 13.4 Å². The molecular formula is C14H13N3O2S2. The Bertz CT molecular complexity index is 888. The number of hydrogen-bond acceptors (Lipinski definition) is 5. The molecule has 1 aromatic heterocycles. The summed E-state index contributed by atoms with van der Waals surface area (Å²) in [6, 6.07) is 12.1. The maximum absolute atomic E-state index is 12.5. The van der Waals surface area contributed by atoms with Gasteiger partial charge < -0.3 is 5.32 Å². The summed E-state index contributed by atoms with van der Waals surface area (Å²) in [6.07, 6.45) is 0. The molecule has 0 amide bonds. The van der Waals surface area contributed by atoms with Crippen LogP contribution in [0.4, 0.5) is 11.4 Å². The lowest BCUT2D eigenvalue weighted by molar-refractivity contribution is 0.601. The topological polar surface area (TPSA) is 71.1 Å². The summed E-state index contributed by atoms with van der Waals surface area (Å²) in [5, 5.41) is 2.89. The number of rotatable bonds is 4. The summed E-state index contributed by atoms with van der Waals surface area (Å²) in [5.41, 5.74) is 3.68. The first-order valence-corrected chi connectivity index (χ1v) is 8.59. The van der Waals surface area contributed by atoms with Crippen LogP contribution in [-0.4, -0.2) is 20.4 Å². The molecule has 5 nitrogen and oxygen atoms in total. The number of nitrogens with zero attached hydrogens (tertiary/aromatic N) is 1. The van der Waals surface area contributed by atoms with E-state index in [9.17, 15) is 8.42 Å². The Morgan fingerprint density at radius 2 is 1.95 bits per heavy atom. The van der Waals surface area contributed by atoms with Gasteiger partial charge in [-0.2, -0.15) is 0 Å². The third kappa shape index (κ3) is 2.70. The van der Waals surface area contributed by atoms with E-state index < -0.39 is 10.0 Å². The quantitative estimate of drug-likeness (QED) is 0.775. The van der Waals surface area contributed by atoms with Crippen molar-refractivity contribution in [1.29, 1.82) is 0 Å². The highest BCUT2D eigenvalue weighted by Crippen LogP contribution is 2.26. The summed E-state index contributed by atoms with van der Waals surface area (Å²) >= 11 is 1.47. The van der Waals surface area contributed by atoms with Gasteiger partial charge in [0.15, 0.2) is 0 Å². The van der Waals surface area contributed by atoms with Crippen molar-refractivity contribution in [2.45, 2.75) is 4.90 Å². The molecule has 2 N–H and O–H groups in total. The van der Waals surface area contributed by atoms with E-state index in [0.717, 1.165) is 10.2 Å². The second-order valence-electron chi connectivity index (χ2n) is 4.39. The summed E-state index contributed by atoms with van der Waals surface area (Å²) in [6.45, 7) is 0. The van der Waals surface area contributed by atoms with Crippen LogP contribution in [0.3, 0.4) is 0 Å². The van der Waals surface area contributed by atoms with Gasteiger partial charge in [-0.15, -0.1) is 11.3 Å². The number of anilines is 2. The first-order chi connectivity index (χ1) is 10.1. The van der Waals surface area contributed by atoms with Gasteiger partial charge in [-0.1, -0.05) is 12.1 Å². The molecule has 0 fully saturated rings. The Morgan fingerprint density at radius 1 is 1.14 bits per heavy atom. The molecule has 21 heavy (non-hydrogen) atoms. The number of sulfonamides is 1. The molecule has 108 valence electrons. The fourth-order valence-corrected chi connectivity index (χ4v) is 4.02. The predicted molar refractivity (Wildman–Crippen MR) is 86.4 cm³/mol. The van der Waals surface area contributed by atoms with Crippen LogP contribution in [0, 0.1) is 0 Å². The summed E-state index contributed by atoms with van der Waals surface area (Å²) in [4.78, 5) is 4.39. The largest absolute Gasteiger partial charge is 0.387 e. The normalized spacial score (nSPS) is 11.5. The predicted octanol–water partition coefficient (Wildman–Crippen LogP) is 3.14. The Morgan fingerprint density at radius 3 is 2.76 bits per heavy atom. The summed E-state index contributed by atoms with van der Waals surface area (Å²) < 4.78 is 28.5. The minimum atomic E-state index is -3.64. The van der Waals surface area contributed by atoms with Crippen LogP contribution in [0.5, 0.6) is 0 Å². The van der Waals surface area contributed by atoms with Crippen LogP contribution in [-0.2, 0) is 10.0 Å². The highest BCUT2D eigenvalue weighted by atomic mass is 32.2. The third-order valence-corrected chi connectivity index (χ3v) is 5.26. The van der Waals surface area contributed by atoms with Gasteiger partial charge in [0.2, 0.25) is 0 Å². The average Bonchev–Trinajstić information content (AvgIpc) is 2.94. The lowest BCUT2D eigenvalue weighted by atomic mass is 10.3. The van der Waals surface area contributed by atoms with E-state index in [-0.39, 0.29) is 4.90 Å². The maximum atomic E-state index is 12.5. The molecule has 0 aliphatic rings. The molecule has 3 rings (SSSR count). The number of benzene rings is 2. The Labute approximate surface area is 126 Å². The molecule has 0 aliphatic carbocycles. The zero-order chi connectivity index (χ0) is 14.9. The molecule has 0 saturated heterocycles. The van der Waals surface area contributed by atoms with E-state index in [4.69, 9.17) is 0 Å².